The number of hydrogen-bond acceptors (Lipinski definition) is 4. The molecule has 0 saturated heterocycles. The summed E-state index contributed by atoms with van der Waals surface area (Å²) in [5, 5.41) is 6.85. The van der Waals surface area contributed by atoms with Crippen LogP contribution in [-0.2, 0) is 23.9 Å². The maximum Gasteiger partial charge on any atom is 0.451 e. The van der Waals surface area contributed by atoms with Crippen LogP contribution in [-0.4, -0.2) is 38.2 Å². The third-order valence-electron chi connectivity index (χ3n) is 4.99. The third kappa shape index (κ3) is 5.23. The Morgan fingerprint density at radius 1 is 1.19 bits per heavy atom. The van der Waals surface area contributed by atoms with E-state index in [0.29, 0.717) is 12.1 Å². The maximum absolute atomic E-state index is 13.8. The van der Waals surface area contributed by atoms with Crippen LogP contribution in [0.1, 0.15) is 36.1 Å². The zero-order valence-corrected chi connectivity index (χ0v) is 17.4. The lowest BCUT2D eigenvalue weighted by molar-refractivity contribution is -0.148. The van der Waals surface area contributed by atoms with Crippen molar-refractivity contribution in [2.75, 3.05) is 6.54 Å². The minimum absolute atomic E-state index is 0. The van der Waals surface area contributed by atoms with E-state index in [2.05, 4.69) is 16.8 Å². The van der Waals surface area contributed by atoms with Gasteiger partial charge in [-0.25, -0.2) is 13.2 Å². The average molecular weight is 484 g/mol. The van der Waals surface area contributed by atoms with E-state index in [9.17, 15) is 31.1 Å². The smallest absolute Gasteiger partial charge is 0.330 e. The predicted octanol–water partition coefficient (Wildman–Crippen LogP) is 3.56. The van der Waals surface area contributed by atoms with Crippen LogP contribution in [0.4, 0.5) is 26.3 Å². The molecule has 0 saturated carbocycles. The van der Waals surface area contributed by atoms with Crippen LogP contribution in [0.5, 0.6) is 0 Å². The lowest BCUT2D eigenvalue weighted by Crippen LogP contribution is -2.45. The summed E-state index contributed by atoms with van der Waals surface area (Å²) < 4.78 is 80.5. The molecule has 0 aliphatic carbocycles. The normalized spacial score (nSPS) is 16.8. The lowest BCUT2D eigenvalue weighted by Gasteiger charge is -2.36. The molecule has 2 atom stereocenters. The number of nitrogens with zero attached hydrogens (tertiary/aromatic N) is 4. The number of aromatic nitrogens is 3. The van der Waals surface area contributed by atoms with E-state index in [1.807, 2.05) is 0 Å². The molecule has 1 unspecified atom stereocenters. The Morgan fingerprint density at radius 3 is 2.47 bits per heavy atom. The molecule has 13 heteroatoms. The number of nitrogens with two attached hydrogens (primary N) is 1. The lowest BCUT2D eigenvalue weighted by atomic mass is 10.0. The van der Waals surface area contributed by atoms with Gasteiger partial charge in [0.1, 0.15) is 5.82 Å². The molecule has 176 valence electrons. The van der Waals surface area contributed by atoms with Crippen molar-refractivity contribution in [3.8, 4) is 0 Å². The highest BCUT2D eigenvalue weighted by Crippen LogP contribution is 2.34. The molecule has 0 bridgehead atoms. The molecule has 2 aromatic rings. The summed E-state index contributed by atoms with van der Waals surface area (Å²) in [6.07, 6.45) is -3.63. The molecule has 32 heavy (non-hydrogen) atoms. The van der Waals surface area contributed by atoms with Crippen molar-refractivity contribution in [2.45, 2.75) is 44.1 Å². The van der Waals surface area contributed by atoms with E-state index in [-0.39, 0.29) is 56.1 Å². The van der Waals surface area contributed by atoms with Crippen molar-refractivity contribution in [2.24, 2.45) is 5.73 Å². The molecule has 1 aromatic carbocycles. The number of hydrogen-bond donors (Lipinski definition) is 1. The van der Waals surface area contributed by atoms with Gasteiger partial charge >= 0.3 is 6.18 Å². The number of carbonyl (C=O) groups excluding carboxylic acids is 1. The van der Waals surface area contributed by atoms with Crippen molar-refractivity contribution in [1.82, 2.24) is 19.7 Å². The molecular weight excluding hydrogens is 464 g/mol. The number of alkyl halides is 3. The Hall–Kier alpha value is -2.60. The van der Waals surface area contributed by atoms with Crippen molar-refractivity contribution >= 4 is 18.3 Å². The minimum atomic E-state index is -4.69. The average Bonchev–Trinajstić information content (AvgIpc) is 3.11. The summed E-state index contributed by atoms with van der Waals surface area (Å²) in [4.78, 5) is 14.1. The van der Waals surface area contributed by atoms with Gasteiger partial charge in [-0.2, -0.15) is 13.2 Å². The van der Waals surface area contributed by atoms with Gasteiger partial charge in [0.25, 0.3) is 0 Å². The number of carbonyl (C=O) groups is 1. The van der Waals surface area contributed by atoms with Crippen LogP contribution in [0, 0.1) is 17.5 Å². The Balaban J connectivity index is 0.00000363. The molecule has 6 nitrogen and oxygen atoms in total. The molecule has 1 aliphatic heterocycles. The van der Waals surface area contributed by atoms with E-state index in [1.165, 1.54) is 11.0 Å². The van der Waals surface area contributed by atoms with Crippen LogP contribution in [0.15, 0.2) is 24.8 Å². The summed E-state index contributed by atoms with van der Waals surface area (Å²) in [6.45, 7) is 3.36. The molecule has 0 fully saturated rings. The van der Waals surface area contributed by atoms with Crippen LogP contribution >= 0.6 is 12.4 Å². The highest BCUT2D eigenvalue weighted by Gasteiger charge is 2.42. The second-order valence-electron chi connectivity index (χ2n) is 7.18. The van der Waals surface area contributed by atoms with Crippen LogP contribution in [0.25, 0.3) is 0 Å². The van der Waals surface area contributed by atoms with Gasteiger partial charge in [-0.3, -0.25) is 4.79 Å². The number of benzene rings is 1. The van der Waals surface area contributed by atoms with Gasteiger partial charge in [-0.1, -0.05) is 6.08 Å². The topological polar surface area (TPSA) is 77.0 Å². The quantitative estimate of drug-likeness (QED) is 0.387. The fraction of sp³-hybridized carbons (Fsp3) is 0.421. The molecule has 3 rings (SSSR count). The summed E-state index contributed by atoms with van der Waals surface area (Å²) in [6, 6.07) is -0.677. The zero-order chi connectivity index (χ0) is 22.9. The Kier molecular flexibility index (Phi) is 7.94. The molecule has 1 aliphatic rings. The van der Waals surface area contributed by atoms with E-state index in [1.54, 1.807) is 0 Å². The predicted molar refractivity (Wildman–Crippen MR) is 104 cm³/mol. The molecule has 1 amide bonds. The number of halogens is 7. The first-order valence-corrected chi connectivity index (χ1v) is 9.32. The van der Waals surface area contributed by atoms with Crippen LogP contribution < -0.4 is 5.73 Å². The van der Waals surface area contributed by atoms with Gasteiger partial charge in [0.15, 0.2) is 17.5 Å². The largest absolute Gasteiger partial charge is 0.451 e. The van der Waals surface area contributed by atoms with Gasteiger partial charge in [0, 0.05) is 31.6 Å². The first kappa shape index (κ1) is 25.7. The van der Waals surface area contributed by atoms with Crippen LogP contribution in [0.3, 0.4) is 0 Å². The highest BCUT2D eigenvalue weighted by atomic mass is 35.5. The Labute approximate surface area is 185 Å². The summed E-state index contributed by atoms with van der Waals surface area (Å²) >= 11 is 0. The summed E-state index contributed by atoms with van der Waals surface area (Å²) in [5.41, 5.74) is 5.73. The molecule has 0 radical (unpaired) electrons. The Morgan fingerprint density at radius 2 is 1.84 bits per heavy atom. The molecule has 2 N–H and O–H groups in total. The van der Waals surface area contributed by atoms with E-state index >= 15 is 0 Å². The van der Waals surface area contributed by atoms with E-state index in [0.717, 1.165) is 4.57 Å². The molecule has 0 spiro atoms. The fourth-order valence-electron chi connectivity index (χ4n) is 3.60. The molecular formula is C19H20ClF6N5O. The number of fused-ring (bicyclic) bond motifs is 1. The first-order chi connectivity index (χ1) is 14.5. The maximum atomic E-state index is 13.8. The fourth-order valence-corrected chi connectivity index (χ4v) is 3.60. The van der Waals surface area contributed by atoms with Gasteiger partial charge in [0.2, 0.25) is 11.7 Å². The number of amides is 1. The second-order valence-corrected chi connectivity index (χ2v) is 7.18. The monoisotopic (exact) mass is 483 g/mol. The zero-order valence-electron chi connectivity index (χ0n) is 16.6. The number of rotatable bonds is 6. The minimum Gasteiger partial charge on any atom is -0.330 e. The SMILES string of the molecule is C=CCC1c2nnc(C(F)(F)F)n2CCN1C(=O)C[C@H](N)Cc1cc(F)c(F)cc1F.Cl. The van der Waals surface area contributed by atoms with Gasteiger partial charge in [0.05, 0.1) is 6.04 Å². The molecule has 1 aromatic heterocycles. The Bertz CT molecular complexity index is 995. The van der Waals surface area contributed by atoms with Crippen molar-refractivity contribution in [1.29, 1.82) is 0 Å². The van der Waals surface area contributed by atoms with E-state index in [4.69, 9.17) is 5.73 Å². The second kappa shape index (κ2) is 9.90. The highest BCUT2D eigenvalue weighted by molar-refractivity contribution is 5.85. The summed E-state index contributed by atoms with van der Waals surface area (Å²) in [5.74, 6) is -5.23. The standard InChI is InChI=1S/C19H19F6N5O.ClH/c1-2-3-15-17-27-28-18(19(23,24)25)30(17)5-4-29(15)16(31)8-11(26)6-10-7-13(21)14(22)9-12(10)20;/h2,7,9,11,15H,1,3-6,8,26H2;1H/t11-,15?;/m1./s1. The van der Waals surface area contributed by atoms with Crippen LogP contribution in [0.2, 0.25) is 0 Å². The van der Waals surface area contributed by atoms with Crippen molar-refractivity contribution < 1.29 is 31.1 Å². The van der Waals surface area contributed by atoms with Crippen molar-refractivity contribution in [3.05, 3.63) is 59.5 Å². The third-order valence-corrected chi connectivity index (χ3v) is 4.99. The van der Waals surface area contributed by atoms with Gasteiger partial charge in [-0.15, -0.1) is 29.2 Å². The first-order valence-electron chi connectivity index (χ1n) is 9.32. The van der Waals surface area contributed by atoms with Gasteiger partial charge < -0.3 is 15.2 Å². The summed E-state index contributed by atoms with van der Waals surface area (Å²) in [7, 11) is 0. The van der Waals surface area contributed by atoms with E-state index < -0.39 is 47.4 Å². The molecule has 2 heterocycles. The van der Waals surface area contributed by atoms with Gasteiger partial charge in [-0.05, 0) is 24.5 Å². The van der Waals surface area contributed by atoms with Crippen molar-refractivity contribution in [3.63, 3.8) is 0 Å².